The number of carbonyl (C=O) groups excluding carboxylic acids is 1. The fourth-order valence-corrected chi connectivity index (χ4v) is 2.09. The van der Waals surface area contributed by atoms with E-state index in [2.05, 4.69) is 25.9 Å². The van der Waals surface area contributed by atoms with Crippen LogP contribution in [0.3, 0.4) is 0 Å². The van der Waals surface area contributed by atoms with Gasteiger partial charge in [-0.1, -0.05) is 5.21 Å². The van der Waals surface area contributed by atoms with Crippen LogP contribution in [0.5, 0.6) is 0 Å². The molecule has 2 N–H and O–H groups in total. The second-order valence-corrected chi connectivity index (χ2v) is 4.94. The van der Waals surface area contributed by atoms with Gasteiger partial charge in [-0.15, -0.1) is 10.2 Å². The standard InChI is InChI=1S/C11H13N7O3/c1-6(10-13-15-16-14-10)12-11(19)9-4-8(18(20)21)5-17(9)7-2-3-7/h4-7H,2-3H2,1H3,(H,12,19)(H,13,14,15,16). The van der Waals surface area contributed by atoms with Gasteiger partial charge >= 0.3 is 0 Å². The van der Waals surface area contributed by atoms with Gasteiger partial charge in [0.1, 0.15) is 5.69 Å². The molecule has 1 amide bonds. The zero-order valence-electron chi connectivity index (χ0n) is 11.2. The lowest BCUT2D eigenvalue weighted by atomic mass is 10.3. The first-order valence-corrected chi connectivity index (χ1v) is 6.46. The van der Waals surface area contributed by atoms with Crippen molar-refractivity contribution >= 4 is 11.6 Å². The molecule has 1 aliphatic carbocycles. The highest BCUT2D eigenvalue weighted by molar-refractivity contribution is 5.93. The highest BCUT2D eigenvalue weighted by Crippen LogP contribution is 2.37. The first kappa shape index (κ1) is 13.2. The van der Waals surface area contributed by atoms with Crippen molar-refractivity contribution in [2.24, 2.45) is 0 Å². The molecule has 0 aliphatic heterocycles. The number of aromatic nitrogens is 5. The molecular weight excluding hydrogens is 278 g/mol. The molecule has 1 unspecified atom stereocenters. The second-order valence-electron chi connectivity index (χ2n) is 4.94. The van der Waals surface area contributed by atoms with E-state index in [4.69, 9.17) is 0 Å². The number of rotatable bonds is 5. The Balaban J connectivity index is 1.82. The van der Waals surface area contributed by atoms with E-state index in [-0.39, 0.29) is 17.4 Å². The van der Waals surface area contributed by atoms with E-state index in [0.717, 1.165) is 12.8 Å². The Morgan fingerprint density at radius 2 is 2.38 bits per heavy atom. The molecule has 110 valence electrons. The molecule has 10 nitrogen and oxygen atoms in total. The van der Waals surface area contributed by atoms with Gasteiger partial charge in [0, 0.05) is 12.1 Å². The number of hydrogen-bond donors (Lipinski definition) is 2. The highest BCUT2D eigenvalue weighted by Gasteiger charge is 2.31. The van der Waals surface area contributed by atoms with Crippen molar-refractivity contribution in [1.29, 1.82) is 0 Å². The van der Waals surface area contributed by atoms with Crippen LogP contribution in [0.25, 0.3) is 0 Å². The number of aromatic amines is 1. The summed E-state index contributed by atoms with van der Waals surface area (Å²) < 4.78 is 1.66. The maximum Gasteiger partial charge on any atom is 0.287 e. The van der Waals surface area contributed by atoms with Crippen molar-refractivity contribution in [3.63, 3.8) is 0 Å². The number of hydrogen-bond acceptors (Lipinski definition) is 6. The van der Waals surface area contributed by atoms with Gasteiger partial charge in [0.05, 0.1) is 17.2 Å². The molecule has 2 aromatic rings. The van der Waals surface area contributed by atoms with E-state index in [1.807, 2.05) is 0 Å². The lowest BCUT2D eigenvalue weighted by Gasteiger charge is -2.11. The number of nitrogens with zero attached hydrogens (tertiary/aromatic N) is 5. The summed E-state index contributed by atoms with van der Waals surface area (Å²) in [6, 6.07) is 1.01. The van der Waals surface area contributed by atoms with Crippen molar-refractivity contribution in [3.05, 3.63) is 33.9 Å². The zero-order chi connectivity index (χ0) is 15.0. The zero-order valence-corrected chi connectivity index (χ0v) is 11.2. The minimum atomic E-state index is -0.502. The van der Waals surface area contributed by atoms with Crippen LogP contribution in [-0.4, -0.2) is 36.0 Å². The van der Waals surface area contributed by atoms with Crippen LogP contribution in [0.15, 0.2) is 12.3 Å². The van der Waals surface area contributed by atoms with Crippen LogP contribution in [0.2, 0.25) is 0 Å². The van der Waals surface area contributed by atoms with Gasteiger partial charge < -0.3 is 9.88 Å². The summed E-state index contributed by atoms with van der Waals surface area (Å²) in [5.41, 5.74) is 0.193. The fourth-order valence-electron chi connectivity index (χ4n) is 2.09. The van der Waals surface area contributed by atoms with Gasteiger partial charge in [0.15, 0.2) is 5.82 Å². The fraction of sp³-hybridized carbons (Fsp3) is 0.455. The monoisotopic (exact) mass is 291 g/mol. The number of amides is 1. The number of carbonyl (C=O) groups is 1. The van der Waals surface area contributed by atoms with E-state index in [9.17, 15) is 14.9 Å². The molecule has 1 fully saturated rings. The molecule has 2 aromatic heterocycles. The molecule has 3 rings (SSSR count). The second kappa shape index (κ2) is 4.96. The summed E-state index contributed by atoms with van der Waals surface area (Å²) in [5, 5.41) is 26.9. The Morgan fingerprint density at radius 3 is 2.95 bits per heavy atom. The SMILES string of the molecule is CC(NC(=O)c1cc([N+](=O)[O-])cn1C1CC1)c1nn[nH]n1. The first-order valence-electron chi connectivity index (χ1n) is 6.46. The lowest BCUT2D eigenvalue weighted by molar-refractivity contribution is -0.384. The minimum Gasteiger partial charge on any atom is -0.341 e. The van der Waals surface area contributed by atoms with E-state index in [1.54, 1.807) is 11.5 Å². The summed E-state index contributed by atoms with van der Waals surface area (Å²) >= 11 is 0. The predicted molar refractivity (Wildman–Crippen MR) is 69.4 cm³/mol. The quantitative estimate of drug-likeness (QED) is 0.616. The number of nitro groups is 1. The molecule has 0 spiro atoms. The Hall–Kier alpha value is -2.78. The molecule has 0 radical (unpaired) electrons. The average Bonchev–Trinajstić information content (AvgIpc) is 2.98. The molecule has 1 atom stereocenters. The van der Waals surface area contributed by atoms with E-state index in [0.29, 0.717) is 5.82 Å². The summed E-state index contributed by atoms with van der Waals surface area (Å²) in [4.78, 5) is 22.7. The normalized spacial score (nSPS) is 15.7. The molecule has 0 bridgehead atoms. The van der Waals surface area contributed by atoms with Gasteiger partial charge in [-0.2, -0.15) is 5.21 Å². The van der Waals surface area contributed by atoms with Gasteiger partial charge in [-0.3, -0.25) is 14.9 Å². The third-order valence-corrected chi connectivity index (χ3v) is 3.31. The van der Waals surface area contributed by atoms with Crippen LogP contribution in [-0.2, 0) is 0 Å². The van der Waals surface area contributed by atoms with E-state index in [1.165, 1.54) is 12.3 Å². The topological polar surface area (TPSA) is 132 Å². The molecule has 0 aromatic carbocycles. The lowest BCUT2D eigenvalue weighted by Crippen LogP contribution is -2.29. The average molecular weight is 291 g/mol. The maximum atomic E-state index is 12.3. The van der Waals surface area contributed by atoms with Gasteiger partial charge in [0.25, 0.3) is 11.6 Å². The molecule has 2 heterocycles. The molecule has 1 saturated carbocycles. The first-order chi connectivity index (χ1) is 10.1. The number of H-pyrrole nitrogens is 1. The van der Waals surface area contributed by atoms with Crippen LogP contribution in [0.4, 0.5) is 5.69 Å². The van der Waals surface area contributed by atoms with E-state index < -0.39 is 16.9 Å². The summed E-state index contributed by atoms with van der Waals surface area (Å²) in [5.74, 6) is -0.0466. The number of nitrogens with one attached hydrogen (secondary N) is 2. The van der Waals surface area contributed by atoms with E-state index >= 15 is 0 Å². The number of tetrazole rings is 1. The Kier molecular flexibility index (Phi) is 3.12. The summed E-state index contributed by atoms with van der Waals surface area (Å²) in [7, 11) is 0. The minimum absolute atomic E-state index is 0.0840. The summed E-state index contributed by atoms with van der Waals surface area (Å²) in [6.07, 6.45) is 3.25. The van der Waals surface area contributed by atoms with Gasteiger partial charge in [0.2, 0.25) is 0 Å². The van der Waals surface area contributed by atoms with Crippen LogP contribution in [0, 0.1) is 10.1 Å². The molecular formula is C11H13N7O3. The van der Waals surface area contributed by atoms with Crippen molar-refractivity contribution in [2.45, 2.75) is 31.8 Å². The predicted octanol–water partition coefficient (Wildman–Crippen LogP) is 0.735. The highest BCUT2D eigenvalue weighted by atomic mass is 16.6. The van der Waals surface area contributed by atoms with Crippen molar-refractivity contribution in [1.82, 2.24) is 30.5 Å². The van der Waals surface area contributed by atoms with Crippen molar-refractivity contribution in [3.8, 4) is 0 Å². The van der Waals surface area contributed by atoms with Crippen molar-refractivity contribution in [2.75, 3.05) is 0 Å². The molecule has 10 heteroatoms. The van der Waals surface area contributed by atoms with Crippen LogP contribution in [0.1, 0.15) is 48.2 Å². The Morgan fingerprint density at radius 1 is 1.62 bits per heavy atom. The molecule has 0 saturated heterocycles. The van der Waals surface area contributed by atoms with Crippen LogP contribution >= 0.6 is 0 Å². The van der Waals surface area contributed by atoms with Crippen molar-refractivity contribution < 1.29 is 9.72 Å². The molecule has 1 aliphatic rings. The Labute approximate surface area is 118 Å². The van der Waals surface area contributed by atoms with Gasteiger partial charge in [-0.25, -0.2) is 0 Å². The smallest absolute Gasteiger partial charge is 0.287 e. The Bertz CT molecular complexity index is 674. The van der Waals surface area contributed by atoms with Crippen LogP contribution < -0.4 is 5.32 Å². The van der Waals surface area contributed by atoms with Gasteiger partial charge in [-0.05, 0) is 19.8 Å². The molecule has 21 heavy (non-hydrogen) atoms. The largest absolute Gasteiger partial charge is 0.341 e. The third kappa shape index (κ3) is 2.59. The summed E-state index contributed by atoms with van der Waals surface area (Å²) in [6.45, 7) is 1.71. The maximum absolute atomic E-state index is 12.3. The third-order valence-electron chi connectivity index (χ3n) is 3.31.